The lowest BCUT2D eigenvalue weighted by Crippen LogP contribution is -2.55. The minimum Gasteiger partial charge on any atom is -0.490 e. The van der Waals surface area contributed by atoms with Gasteiger partial charge in [-0.1, -0.05) is 0 Å². The van der Waals surface area contributed by atoms with Crippen LogP contribution >= 0.6 is 0 Å². The second-order valence-corrected chi connectivity index (χ2v) is 10.1. The van der Waals surface area contributed by atoms with Gasteiger partial charge in [0, 0.05) is 51.8 Å². The largest absolute Gasteiger partial charge is 0.490 e. The molecule has 9 nitrogen and oxygen atoms in total. The van der Waals surface area contributed by atoms with E-state index in [2.05, 4.69) is 5.32 Å². The van der Waals surface area contributed by atoms with E-state index in [-0.39, 0.29) is 22.9 Å². The van der Waals surface area contributed by atoms with Gasteiger partial charge in [0.1, 0.15) is 0 Å². The number of ether oxygens (including phenoxy) is 3. The van der Waals surface area contributed by atoms with Gasteiger partial charge in [-0.2, -0.15) is 4.31 Å². The lowest BCUT2D eigenvalue weighted by atomic mass is 10.2. The Kier molecular flexibility index (Phi) is 7.00. The zero-order valence-corrected chi connectivity index (χ0v) is 18.7. The van der Waals surface area contributed by atoms with E-state index in [0.29, 0.717) is 57.4 Å². The number of hydrogen-bond donors (Lipinski definition) is 1. The fourth-order valence-electron chi connectivity index (χ4n) is 4.12. The lowest BCUT2D eigenvalue weighted by molar-refractivity contribution is -0.126. The molecule has 1 N–H and O–H groups in total. The second-order valence-electron chi connectivity index (χ2n) is 8.16. The first-order valence-corrected chi connectivity index (χ1v) is 12.4. The molecule has 2 atom stereocenters. The molecule has 3 aliphatic heterocycles. The summed E-state index contributed by atoms with van der Waals surface area (Å²) in [6.45, 7) is 5.87. The van der Waals surface area contributed by atoms with E-state index in [9.17, 15) is 13.2 Å². The highest BCUT2D eigenvalue weighted by Crippen LogP contribution is 2.33. The predicted molar refractivity (Wildman–Crippen MR) is 114 cm³/mol. The van der Waals surface area contributed by atoms with Crippen LogP contribution in [0.2, 0.25) is 0 Å². The van der Waals surface area contributed by atoms with Crippen LogP contribution in [0.15, 0.2) is 23.1 Å². The first kappa shape index (κ1) is 22.3. The molecule has 0 saturated carbocycles. The number of sulfonamides is 1. The number of fused-ring (bicyclic) bond motifs is 1. The van der Waals surface area contributed by atoms with Crippen LogP contribution in [0.4, 0.5) is 0 Å². The van der Waals surface area contributed by atoms with Crippen molar-refractivity contribution in [2.75, 3.05) is 52.5 Å². The number of carbonyl (C=O) groups excluding carboxylic acids is 1. The topological polar surface area (TPSA) is 97.4 Å². The SMILES string of the molecule is C[C@@H](C(=O)NC[C@@H]1CCCO1)N1CCN(S(=O)(=O)c2ccc3c(c2)OCCCO3)CC1. The minimum absolute atomic E-state index is 0.0466. The smallest absolute Gasteiger partial charge is 0.243 e. The van der Waals surface area contributed by atoms with Crippen molar-refractivity contribution in [1.29, 1.82) is 0 Å². The molecule has 31 heavy (non-hydrogen) atoms. The predicted octanol–water partition coefficient (Wildman–Crippen LogP) is 0.838. The third kappa shape index (κ3) is 5.14. The first-order chi connectivity index (χ1) is 14.9. The Hall–Kier alpha value is -1.88. The molecule has 4 rings (SSSR count). The van der Waals surface area contributed by atoms with Crippen molar-refractivity contribution in [2.45, 2.75) is 43.2 Å². The fraction of sp³-hybridized carbons (Fsp3) is 0.667. The summed E-state index contributed by atoms with van der Waals surface area (Å²) in [6, 6.07) is 4.45. The molecular weight excluding hydrogens is 422 g/mol. The number of piperazine rings is 1. The van der Waals surface area contributed by atoms with Gasteiger partial charge in [0.2, 0.25) is 15.9 Å². The summed E-state index contributed by atoms with van der Waals surface area (Å²) in [5.74, 6) is 0.993. The Morgan fingerprint density at radius 2 is 1.84 bits per heavy atom. The quantitative estimate of drug-likeness (QED) is 0.682. The maximum atomic E-state index is 13.1. The molecule has 0 aliphatic carbocycles. The number of amides is 1. The zero-order valence-electron chi connectivity index (χ0n) is 17.9. The van der Waals surface area contributed by atoms with Crippen molar-refractivity contribution in [1.82, 2.24) is 14.5 Å². The molecule has 172 valence electrons. The average molecular weight is 454 g/mol. The Morgan fingerprint density at radius 3 is 2.55 bits per heavy atom. The van der Waals surface area contributed by atoms with Gasteiger partial charge in [0.05, 0.1) is 30.3 Å². The first-order valence-electron chi connectivity index (χ1n) is 11.0. The fourth-order valence-corrected chi connectivity index (χ4v) is 5.56. The minimum atomic E-state index is -3.64. The summed E-state index contributed by atoms with van der Waals surface area (Å²) < 4.78 is 44.5. The van der Waals surface area contributed by atoms with Crippen LogP contribution in [-0.2, 0) is 19.6 Å². The van der Waals surface area contributed by atoms with Gasteiger partial charge in [0.15, 0.2) is 11.5 Å². The average Bonchev–Trinajstić information content (AvgIpc) is 3.20. The molecule has 10 heteroatoms. The number of nitrogens with zero attached hydrogens (tertiary/aromatic N) is 2. The summed E-state index contributed by atoms with van der Waals surface area (Å²) in [6.07, 6.45) is 2.88. The van der Waals surface area contributed by atoms with Crippen molar-refractivity contribution in [2.24, 2.45) is 0 Å². The standard InChI is InChI=1S/C21H31N3O6S/c1-16(21(25)22-15-17-4-2-11-28-17)23-7-9-24(10-8-23)31(26,27)18-5-6-19-20(14-18)30-13-3-12-29-19/h5-6,14,16-17H,2-4,7-13,15H2,1H3,(H,22,25)/t16-,17-/m0/s1. The Bertz CT molecular complexity index is 879. The van der Waals surface area contributed by atoms with E-state index in [4.69, 9.17) is 14.2 Å². The van der Waals surface area contributed by atoms with Crippen LogP contribution in [0.1, 0.15) is 26.2 Å². The van der Waals surface area contributed by atoms with E-state index in [0.717, 1.165) is 25.9 Å². The highest BCUT2D eigenvalue weighted by Gasteiger charge is 2.32. The molecule has 1 amide bonds. The van der Waals surface area contributed by atoms with Crippen LogP contribution in [-0.4, -0.2) is 88.2 Å². The summed E-state index contributed by atoms with van der Waals surface area (Å²) >= 11 is 0. The Balaban J connectivity index is 1.33. The highest BCUT2D eigenvalue weighted by atomic mass is 32.2. The van der Waals surface area contributed by atoms with E-state index in [1.807, 2.05) is 11.8 Å². The van der Waals surface area contributed by atoms with Gasteiger partial charge in [-0.15, -0.1) is 0 Å². The van der Waals surface area contributed by atoms with Crippen LogP contribution in [0.25, 0.3) is 0 Å². The van der Waals surface area contributed by atoms with Crippen LogP contribution in [0.5, 0.6) is 11.5 Å². The summed E-state index contributed by atoms with van der Waals surface area (Å²) in [5.41, 5.74) is 0. The molecule has 2 saturated heterocycles. The molecular formula is C21H31N3O6S. The molecule has 3 aliphatic rings. The molecule has 1 aromatic carbocycles. The van der Waals surface area contributed by atoms with Crippen LogP contribution < -0.4 is 14.8 Å². The summed E-state index contributed by atoms with van der Waals surface area (Å²) in [7, 11) is -3.64. The van der Waals surface area contributed by atoms with Gasteiger partial charge in [-0.3, -0.25) is 9.69 Å². The van der Waals surface area contributed by atoms with Gasteiger partial charge in [0.25, 0.3) is 0 Å². The third-order valence-corrected chi connectivity index (χ3v) is 7.98. The summed E-state index contributed by atoms with van der Waals surface area (Å²) in [4.78, 5) is 14.7. The molecule has 0 radical (unpaired) electrons. The molecule has 3 heterocycles. The number of carbonyl (C=O) groups is 1. The molecule has 0 spiro atoms. The normalized spacial score (nSPS) is 23.8. The Labute approximate surface area is 183 Å². The van der Waals surface area contributed by atoms with Crippen molar-refractivity contribution < 1.29 is 27.4 Å². The zero-order chi connectivity index (χ0) is 21.8. The van der Waals surface area contributed by atoms with Crippen LogP contribution in [0, 0.1) is 0 Å². The maximum absolute atomic E-state index is 13.1. The Morgan fingerprint density at radius 1 is 1.10 bits per heavy atom. The molecule has 0 bridgehead atoms. The van der Waals surface area contributed by atoms with Gasteiger partial charge >= 0.3 is 0 Å². The third-order valence-electron chi connectivity index (χ3n) is 6.09. The van der Waals surface area contributed by atoms with Crippen molar-refractivity contribution in [3.8, 4) is 11.5 Å². The molecule has 0 unspecified atom stereocenters. The van der Waals surface area contributed by atoms with Crippen molar-refractivity contribution in [3.05, 3.63) is 18.2 Å². The van der Waals surface area contributed by atoms with E-state index >= 15 is 0 Å². The number of rotatable bonds is 6. The highest BCUT2D eigenvalue weighted by molar-refractivity contribution is 7.89. The van der Waals surface area contributed by atoms with Gasteiger partial charge in [-0.25, -0.2) is 8.42 Å². The molecule has 0 aromatic heterocycles. The van der Waals surface area contributed by atoms with Gasteiger partial charge < -0.3 is 19.5 Å². The number of nitrogens with one attached hydrogen (secondary N) is 1. The van der Waals surface area contributed by atoms with Crippen molar-refractivity contribution in [3.63, 3.8) is 0 Å². The second kappa shape index (κ2) is 9.72. The van der Waals surface area contributed by atoms with E-state index in [1.165, 1.54) is 4.31 Å². The number of hydrogen-bond acceptors (Lipinski definition) is 7. The number of benzene rings is 1. The van der Waals surface area contributed by atoms with Crippen LogP contribution in [0.3, 0.4) is 0 Å². The summed E-state index contributed by atoms with van der Waals surface area (Å²) in [5, 5.41) is 2.96. The maximum Gasteiger partial charge on any atom is 0.243 e. The molecule has 2 fully saturated rings. The van der Waals surface area contributed by atoms with E-state index in [1.54, 1.807) is 18.2 Å². The monoisotopic (exact) mass is 453 g/mol. The van der Waals surface area contributed by atoms with Crippen molar-refractivity contribution >= 4 is 15.9 Å². The van der Waals surface area contributed by atoms with E-state index < -0.39 is 10.0 Å². The lowest BCUT2D eigenvalue weighted by Gasteiger charge is -2.36. The molecule has 1 aromatic rings. The van der Waals surface area contributed by atoms with Gasteiger partial charge in [-0.05, 0) is 31.9 Å².